The second kappa shape index (κ2) is 10.8. The minimum atomic E-state index is -2.09. The van der Waals surface area contributed by atoms with Gasteiger partial charge in [-0.15, -0.1) is 0 Å². The Hall–Kier alpha value is -2.40. The van der Waals surface area contributed by atoms with Gasteiger partial charge >= 0.3 is 192 Å². The first-order valence-corrected chi connectivity index (χ1v) is 13.8. The van der Waals surface area contributed by atoms with Crippen LogP contribution in [-0.4, -0.2) is 6.16 Å². The molecule has 0 spiro atoms. The SMILES string of the molecule is Clc1ccccc1CCCCC[PH](c1ccccc1)(c1ccccc1)c1ccccc1. The van der Waals surface area contributed by atoms with Gasteiger partial charge in [0.25, 0.3) is 0 Å². The topological polar surface area (TPSA) is 0 Å². The molecule has 31 heavy (non-hydrogen) atoms. The van der Waals surface area contributed by atoms with Crippen molar-refractivity contribution in [2.45, 2.75) is 25.7 Å². The number of aryl methyl sites for hydroxylation is 1. The predicted molar refractivity (Wildman–Crippen MR) is 140 cm³/mol. The van der Waals surface area contributed by atoms with Crippen molar-refractivity contribution in [1.29, 1.82) is 0 Å². The summed E-state index contributed by atoms with van der Waals surface area (Å²) < 4.78 is 0. The van der Waals surface area contributed by atoms with Crippen molar-refractivity contribution >= 4 is 34.8 Å². The van der Waals surface area contributed by atoms with Crippen LogP contribution in [0, 0.1) is 0 Å². The Morgan fingerprint density at radius 2 is 0.935 bits per heavy atom. The Kier molecular flexibility index (Phi) is 7.57. The second-order valence-corrected chi connectivity index (χ2v) is 12.6. The van der Waals surface area contributed by atoms with Crippen LogP contribution in [0.25, 0.3) is 0 Å². The van der Waals surface area contributed by atoms with Crippen molar-refractivity contribution in [3.8, 4) is 0 Å². The Balaban J connectivity index is 1.60. The second-order valence-electron chi connectivity index (χ2n) is 8.16. The standard InChI is InChI=1S/C29H30ClP/c30-29-23-13-12-16-25(29)15-5-4-14-24-31(26-17-6-1-7-18-26,27-19-8-2-9-20-27)28-21-10-3-11-22-28/h1-3,6-13,16-23,31H,4-5,14-15,24H2. The van der Waals surface area contributed by atoms with E-state index in [1.807, 2.05) is 12.1 Å². The van der Waals surface area contributed by atoms with Crippen molar-refractivity contribution in [2.75, 3.05) is 6.16 Å². The average molecular weight is 445 g/mol. The van der Waals surface area contributed by atoms with E-state index in [9.17, 15) is 0 Å². The molecule has 0 aromatic heterocycles. The van der Waals surface area contributed by atoms with E-state index in [-0.39, 0.29) is 0 Å². The molecule has 4 rings (SSSR count). The summed E-state index contributed by atoms with van der Waals surface area (Å²) >= 11 is 6.36. The maximum absolute atomic E-state index is 6.36. The molecule has 0 nitrogen and oxygen atoms in total. The van der Waals surface area contributed by atoms with E-state index in [1.54, 1.807) is 0 Å². The van der Waals surface area contributed by atoms with Gasteiger partial charge in [-0.3, -0.25) is 0 Å². The Labute approximate surface area is 192 Å². The molecule has 0 saturated carbocycles. The van der Waals surface area contributed by atoms with Gasteiger partial charge in [0, 0.05) is 0 Å². The molecule has 2 heteroatoms. The van der Waals surface area contributed by atoms with Crippen LogP contribution in [0.15, 0.2) is 115 Å². The molecular formula is C29H30ClP. The van der Waals surface area contributed by atoms with Crippen molar-refractivity contribution in [1.82, 2.24) is 0 Å². The van der Waals surface area contributed by atoms with Gasteiger partial charge < -0.3 is 0 Å². The van der Waals surface area contributed by atoms with Gasteiger partial charge in [-0.25, -0.2) is 0 Å². The molecular weight excluding hydrogens is 415 g/mol. The van der Waals surface area contributed by atoms with Crippen LogP contribution in [0.4, 0.5) is 0 Å². The zero-order chi connectivity index (χ0) is 21.4. The van der Waals surface area contributed by atoms with Crippen LogP contribution in [0.1, 0.15) is 24.8 Å². The van der Waals surface area contributed by atoms with Crippen LogP contribution >= 0.6 is 18.9 Å². The summed E-state index contributed by atoms with van der Waals surface area (Å²) in [5, 5.41) is 5.39. The van der Waals surface area contributed by atoms with Crippen molar-refractivity contribution in [2.24, 2.45) is 0 Å². The number of unbranched alkanes of at least 4 members (excludes halogenated alkanes) is 2. The number of benzene rings is 4. The molecule has 0 aliphatic rings. The fourth-order valence-electron chi connectivity index (χ4n) is 4.68. The molecule has 158 valence electrons. The van der Waals surface area contributed by atoms with Crippen LogP contribution in [0.5, 0.6) is 0 Å². The molecule has 0 N–H and O–H groups in total. The quantitative estimate of drug-likeness (QED) is 0.197. The average Bonchev–Trinajstić information content (AvgIpc) is 2.84. The number of halogens is 1. The van der Waals surface area contributed by atoms with Gasteiger partial charge in [-0.2, -0.15) is 0 Å². The van der Waals surface area contributed by atoms with Gasteiger partial charge in [0.15, 0.2) is 0 Å². The van der Waals surface area contributed by atoms with Gasteiger partial charge in [0.1, 0.15) is 0 Å². The Bertz CT molecular complexity index is 965. The molecule has 4 aromatic rings. The number of hydrogen-bond donors (Lipinski definition) is 0. The first kappa shape index (κ1) is 21.8. The third-order valence-electron chi connectivity index (χ3n) is 6.26. The van der Waals surface area contributed by atoms with E-state index >= 15 is 0 Å². The molecule has 0 unspecified atom stereocenters. The summed E-state index contributed by atoms with van der Waals surface area (Å²) in [5.74, 6) is 0. The van der Waals surface area contributed by atoms with Gasteiger partial charge in [-0.05, 0) is 0 Å². The Morgan fingerprint density at radius 1 is 0.484 bits per heavy atom. The van der Waals surface area contributed by atoms with Crippen molar-refractivity contribution in [3.05, 3.63) is 126 Å². The fraction of sp³-hybridized carbons (Fsp3) is 0.172. The van der Waals surface area contributed by atoms with Crippen molar-refractivity contribution < 1.29 is 0 Å². The van der Waals surface area contributed by atoms with Crippen LogP contribution in [0.3, 0.4) is 0 Å². The first-order valence-electron chi connectivity index (χ1n) is 11.2. The van der Waals surface area contributed by atoms with E-state index in [0.29, 0.717) is 0 Å². The van der Waals surface area contributed by atoms with Crippen LogP contribution < -0.4 is 15.9 Å². The summed E-state index contributed by atoms with van der Waals surface area (Å²) in [6.07, 6.45) is 5.87. The predicted octanol–water partition coefficient (Wildman–Crippen LogP) is 6.78. The first-order chi connectivity index (χ1) is 15.3. The minimum absolute atomic E-state index is 0.893. The molecule has 0 bridgehead atoms. The van der Waals surface area contributed by atoms with E-state index in [2.05, 4.69) is 103 Å². The fourth-order valence-corrected chi connectivity index (χ4v) is 9.85. The van der Waals surface area contributed by atoms with E-state index in [4.69, 9.17) is 11.6 Å². The monoisotopic (exact) mass is 444 g/mol. The molecule has 0 aliphatic carbocycles. The summed E-state index contributed by atoms with van der Waals surface area (Å²) in [4.78, 5) is 0. The Morgan fingerprint density at radius 3 is 1.42 bits per heavy atom. The summed E-state index contributed by atoms with van der Waals surface area (Å²) in [5.41, 5.74) is 1.27. The molecule has 4 aromatic carbocycles. The van der Waals surface area contributed by atoms with Gasteiger partial charge in [0.05, 0.1) is 0 Å². The normalized spacial score (nSPS) is 11.9. The van der Waals surface area contributed by atoms with E-state index in [1.165, 1.54) is 46.9 Å². The number of rotatable bonds is 9. The third-order valence-corrected chi connectivity index (χ3v) is 11.7. The van der Waals surface area contributed by atoms with E-state index < -0.39 is 7.26 Å². The van der Waals surface area contributed by atoms with E-state index in [0.717, 1.165) is 11.4 Å². The third kappa shape index (κ3) is 5.09. The molecule has 0 radical (unpaired) electrons. The zero-order valence-electron chi connectivity index (χ0n) is 17.9. The summed E-state index contributed by atoms with van der Waals surface area (Å²) in [6, 6.07) is 41.8. The maximum atomic E-state index is 6.36. The molecule has 0 saturated heterocycles. The molecule has 0 fully saturated rings. The summed E-state index contributed by atoms with van der Waals surface area (Å²) in [7, 11) is -2.09. The zero-order valence-corrected chi connectivity index (χ0v) is 19.6. The van der Waals surface area contributed by atoms with Gasteiger partial charge in [0.2, 0.25) is 0 Å². The van der Waals surface area contributed by atoms with Crippen LogP contribution in [-0.2, 0) is 6.42 Å². The van der Waals surface area contributed by atoms with Crippen LogP contribution in [0.2, 0.25) is 5.02 Å². The molecule has 0 aliphatic heterocycles. The molecule has 0 heterocycles. The molecule has 0 amide bonds. The number of hydrogen-bond acceptors (Lipinski definition) is 0. The molecule has 0 atom stereocenters. The van der Waals surface area contributed by atoms with Gasteiger partial charge in [-0.1, -0.05) is 0 Å². The van der Waals surface area contributed by atoms with Crippen molar-refractivity contribution in [3.63, 3.8) is 0 Å². The summed E-state index contributed by atoms with van der Waals surface area (Å²) in [6.45, 7) is 0.